The number of nitrogens with one attached hydrogen (secondary N) is 1. The monoisotopic (exact) mass is 395 g/mol. The van der Waals surface area contributed by atoms with Gasteiger partial charge in [0.2, 0.25) is 0 Å². The predicted octanol–water partition coefficient (Wildman–Crippen LogP) is 6.55. The van der Waals surface area contributed by atoms with Gasteiger partial charge in [-0.25, -0.2) is 0 Å². The Morgan fingerprint density at radius 1 is 0.857 bits per heavy atom. The topological polar surface area (TPSA) is 30.5 Å². The molecule has 3 rings (SSSR count). The van der Waals surface area contributed by atoms with Crippen molar-refractivity contribution < 1.29 is 9.47 Å². The number of hydrogen-bond donors (Lipinski definition) is 1. The van der Waals surface area contributed by atoms with Crippen LogP contribution in [0.1, 0.15) is 29.2 Å². The molecule has 0 aromatic heterocycles. The van der Waals surface area contributed by atoms with Crippen LogP contribution >= 0.6 is 11.6 Å². The Labute approximate surface area is 172 Å². The molecule has 0 aliphatic rings. The van der Waals surface area contributed by atoms with Gasteiger partial charge in [0, 0.05) is 17.3 Å². The Hall–Kier alpha value is -2.65. The lowest BCUT2D eigenvalue weighted by atomic mass is 10.1. The van der Waals surface area contributed by atoms with E-state index in [0.717, 1.165) is 39.9 Å². The Morgan fingerprint density at radius 3 is 2.36 bits per heavy atom. The summed E-state index contributed by atoms with van der Waals surface area (Å²) in [5, 5.41) is 4.23. The molecule has 0 saturated heterocycles. The highest BCUT2D eigenvalue weighted by Crippen LogP contribution is 2.30. The number of aryl methyl sites for hydroxylation is 1. The number of anilines is 1. The highest BCUT2D eigenvalue weighted by Gasteiger charge is 2.08. The van der Waals surface area contributed by atoms with Gasteiger partial charge in [-0.3, -0.25) is 0 Å². The fraction of sp³-hybridized carbons (Fsp3) is 0.250. The van der Waals surface area contributed by atoms with Crippen molar-refractivity contribution in [3.05, 3.63) is 87.9 Å². The number of benzene rings is 3. The zero-order valence-corrected chi connectivity index (χ0v) is 17.3. The molecule has 4 heteroatoms. The third kappa shape index (κ3) is 5.20. The molecule has 3 aromatic carbocycles. The maximum absolute atomic E-state index is 5.98. The highest BCUT2D eigenvalue weighted by atomic mass is 35.5. The summed E-state index contributed by atoms with van der Waals surface area (Å²) in [7, 11) is 0. The van der Waals surface area contributed by atoms with E-state index in [1.807, 2.05) is 43.3 Å². The molecule has 0 spiro atoms. The summed E-state index contributed by atoms with van der Waals surface area (Å²) in [6.45, 7) is 8.02. The van der Waals surface area contributed by atoms with Crippen LogP contribution < -0.4 is 14.8 Å². The molecule has 28 heavy (non-hydrogen) atoms. The largest absolute Gasteiger partial charge is 0.490 e. The summed E-state index contributed by atoms with van der Waals surface area (Å²) in [6.07, 6.45) is 0. The van der Waals surface area contributed by atoms with Crippen molar-refractivity contribution in [1.29, 1.82) is 0 Å². The molecule has 0 amide bonds. The molecule has 0 saturated carbocycles. The molecule has 146 valence electrons. The molecule has 1 N–H and O–H groups in total. The van der Waals surface area contributed by atoms with Crippen molar-refractivity contribution in [3.8, 4) is 11.5 Å². The van der Waals surface area contributed by atoms with E-state index in [-0.39, 0.29) is 0 Å². The molecule has 0 radical (unpaired) electrons. The first-order chi connectivity index (χ1) is 13.6. The maximum atomic E-state index is 5.98. The molecule has 0 heterocycles. The molecular weight excluding hydrogens is 370 g/mol. The standard InChI is InChI=1S/C24H26ClNO2/c1-4-27-24-14-20(15-26-22-7-5-6-17(2)18(22)3)10-13-23(24)28-16-19-8-11-21(25)12-9-19/h5-14,26H,4,15-16H2,1-3H3. The lowest BCUT2D eigenvalue weighted by molar-refractivity contribution is 0.269. The molecule has 0 atom stereocenters. The third-order valence-electron chi connectivity index (χ3n) is 4.70. The fourth-order valence-electron chi connectivity index (χ4n) is 2.93. The molecule has 0 bridgehead atoms. The number of rotatable bonds is 8. The third-order valence-corrected chi connectivity index (χ3v) is 4.96. The van der Waals surface area contributed by atoms with Crippen LogP contribution in [-0.4, -0.2) is 6.61 Å². The van der Waals surface area contributed by atoms with Gasteiger partial charge in [-0.15, -0.1) is 0 Å². The number of hydrogen-bond acceptors (Lipinski definition) is 3. The average Bonchev–Trinajstić information content (AvgIpc) is 2.70. The van der Waals surface area contributed by atoms with Gasteiger partial charge >= 0.3 is 0 Å². The van der Waals surface area contributed by atoms with Crippen LogP contribution in [0.5, 0.6) is 11.5 Å². The van der Waals surface area contributed by atoms with E-state index >= 15 is 0 Å². The van der Waals surface area contributed by atoms with Crippen LogP contribution in [0.2, 0.25) is 5.02 Å². The maximum Gasteiger partial charge on any atom is 0.161 e. The second-order valence-corrected chi connectivity index (χ2v) is 7.17. The first-order valence-corrected chi connectivity index (χ1v) is 9.87. The van der Waals surface area contributed by atoms with E-state index in [2.05, 4.69) is 43.4 Å². The summed E-state index contributed by atoms with van der Waals surface area (Å²) in [4.78, 5) is 0. The lowest BCUT2D eigenvalue weighted by Crippen LogP contribution is -2.04. The van der Waals surface area contributed by atoms with Crippen molar-refractivity contribution in [2.45, 2.75) is 33.9 Å². The van der Waals surface area contributed by atoms with Gasteiger partial charge in [0.25, 0.3) is 0 Å². The van der Waals surface area contributed by atoms with Gasteiger partial charge < -0.3 is 14.8 Å². The van der Waals surface area contributed by atoms with E-state index in [9.17, 15) is 0 Å². The first-order valence-electron chi connectivity index (χ1n) is 9.50. The molecule has 0 fully saturated rings. The molecule has 0 unspecified atom stereocenters. The van der Waals surface area contributed by atoms with E-state index < -0.39 is 0 Å². The normalized spacial score (nSPS) is 10.6. The SMILES string of the molecule is CCOc1cc(CNc2cccc(C)c2C)ccc1OCc1ccc(Cl)cc1. The van der Waals surface area contributed by atoms with Crippen LogP contribution in [0.4, 0.5) is 5.69 Å². The van der Waals surface area contributed by atoms with Crippen LogP contribution in [-0.2, 0) is 13.2 Å². The van der Waals surface area contributed by atoms with Crippen LogP contribution in [0.3, 0.4) is 0 Å². The molecule has 0 aliphatic heterocycles. The Balaban J connectivity index is 1.69. The number of halogens is 1. The molecule has 3 aromatic rings. The van der Waals surface area contributed by atoms with E-state index in [1.54, 1.807) is 0 Å². The zero-order chi connectivity index (χ0) is 19.9. The predicted molar refractivity (Wildman–Crippen MR) is 117 cm³/mol. The summed E-state index contributed by atoms with van der Waals surface area (Å²) < 4.78 is 11.8. The van der Waals surface area contributed by atoms with Gasteiger partial charge in [-0.1, -0.05) is 41.9 Å². The average molecular weight is 396 g/mol. The van der Waals surface area contributed by atoms with Crippen LogP contribution in [0, 0.1) is 13.8 Å². The Bertz CT molecular complexity index is 922. The minimum atomic E-state index is 0.470. The lowest BCUT2D eigenvalue weighted by Gasteiger charge is -2.15. The Kier molecular flexibility index (Phi) is 6.83. The summed E-state index contributed by atoms with van der Waals surface area (Å²) in [6, 6.07) is 20.0. The quantitative estimate of drug-likeness (QED) is 0.469. The Morgan fingerprint density at radius 2 is 1.61 bits per heavy atom. The number of ether oxygens (including phenoxy) is 2. The van der Waals surface area contributed by atoms with Gasteiger partial charge in [-0.2, -0.15) is 0 Å². The van der Waals surface area contributed by atoms with Crippen molar-refractivity contribution >= 4 is 17.3 Å². The first kappa shape index (κ1) is 20.1. The van der Waals surface area contributed by atoms with Crippen molar-refractivity contribution in [1.82, 2.24) is 0 Å². The fourth-order valence-corrected chi connectivity index (χ4v) is 3.06. The van der Waals surface area contributed by atoms with Crippen molar-refractivity contribution in [3.63, 3.8) is 0 Å². The van der Waals surface area contributed by atoms with E-state index in [4.69, 9.17) is 21.1 Å². The van der Waals surface area contributed by atoms with E-state index in [0.29, 0.717) is 13.2 Å². The molecule has 3 nitrogen and oxygen atoms in total. The summed E-state index contributed by atoms with van der Waals surface area (Å²) in [5.41, 5.74) is 5.91. The van der Waals surface area contributed by atoms with Crippen LogP contribution in [0.15, 0.2) is 60.7 Å². The minimum absolute atomic E-state index is 0.470. The van der Waals surface area contributed by atoms with Gasteiger partial charge in [0.1, 0.15) is 6.61 Å². The van der Waals surface area contributed by atoms with Crippen LogP contribution in [0.25, 0.3) is 0 Å². The van der Waals surface area contributed by atoms with Crippen molar-refractivity contribution in [2.24, 2.45) is 0 Å². The van der Waals surface area contributed by atoms with Crippen molar-refractivity contribution in [2.75, 3.05) is 11.9 Å². The minimum Gasteiger partial charge on any atom is -0.490 e. The molecular formula is C24H26ClNO2. The summed E-state index contributed by atoms with van der Waals surface area (Å²) in [5.74, 6) is 1.50. The van der Waals surface area contributed by atoms with Gasteiger partial charge in [-0.05, 0) is 73.4 Å². The van der Waals surface area contributed by atoms with Gasteiger partial charge in [0.15, 0.2) is 11.5 Å². The smallest absolute Gasteiger partial charge is 0.161 e. The summed E-state index contributed by atoms with van der Waals surface area (Å²) >= 11 is 5.94. The zero-order valence-electron chi connectivity index (χ0n) is 16.6. The van der Waals surface area contributed by atoms with E-state index in [1.165, 1.54) is 11.1 Å². The second-order valence-electron chi connectivity index (χ2n) is 6.73. The van der Waals surface area contributed by atoms with Gasteiger partial charge in [0.05, 0.1) is 6.61 Å². The second kappa shape index (κ2) is 9.52. The molecule has 0 aliphatic carbocycles. The highest BCUT2D eigenvalue weighted by molar-refractivity contribution is 6.30.